The fraction of sp³-hybridized carbons (Fsp3) is 0.333. The second-order valence-electron chi connectivity index (χ2n) is 10.1. The number of anilines is 1. The van der Waals surface area contributed by atoms with Gasteiger partial charge in [-0.25, -0.2) is 8.42 Å². The van der Waals surface area contributed by atoms with Crippen molar-refractivity contribution in [1.82, 2.24) is 10.2 Å². The van der Waals surface area contributed by atoms with Crippen LogP contribution in [0.4, 0.5) is 5.69 Å². The Morgan fingerprint density at radius 3 is 2.03 bits per heavy atom. The van der Waals surface area contributed by atoms with Gasteiger partial charge in [-0.1, -0.05) is 60.1 Å². The van der Waals surface area contributed by atoms with E-state index in [1.165, 1.54) is 4.90 Å². The number of carbonyl (C=O) groups is 2. The standard InChI is InChI=1S/C30H36ClN3O4S/c1-21(2)32-30(36)28(18-24-9-7-6-8-10-24)33(19-25-11-13-26(31)14-12-25)29(35)20-34(39(5,37)38)27-16-22(3)15-23(4)17-27/h6-17,21,28H,18-20H2,1-5H3,(H,32,36). The molecule has 0 radical (unpaired) electrons. The molecule has 0 heterocycles. The van der Waals surface area contributed by atoms with Crippen LogP contribution in [0.15, 0.2) is 72.8 Å². The number of rotatable bonds is 11. The van der Waals surface area contributed by atoms with Crippen LogP contribution in [0.5, 0.6) is 0 Å². The van der Waals surface area contributed by atoms with Crippen molar-refractivity contribution in [2.45, 2.75) is 52.7 Å². The quantitative estimate of drug-likeness (QED) is 0.356. The third-order valence-corrected chi connectivity index (χ3v) is 7.53. The maximum atomic E-state index is 14.1. The van der Waals surface area contributed by atoms with Gasteiger partial charge in [0.15, 0.2) is 0 Å². The fourth-order valence-corrected chi connectivity index (χ4v) is 5.39. The summed E-state index contributed by atoms with van der Waals surface area (Å²) >= 11 is 6.08. The van der Waals surface area contributed by atoms with Crippen molar-refractivity contribution < 1.29 is 18.0 Å². The Hall–Kier alpha value is -3.36. The van der Waals surface area contributed by atoms with Gasteiger partial charge in [0.1, 0.15) is 12.6 Å². The van der Waals surface area contributed by atoms with Gasteiger partial charge in [0.2, 0.25) is 21.8 Å². The number of carbonyl (C=O) groups excluding carboxylic acids is 2. The smallest absolute Gasteiger partial charge is 0.244 e. The molecule has 0 aliphatic heterocycles. The van der Waals surface area contributed by atoms with Crippen LogP contribution in [-0.4, -0.2) is 50.0 Å². The van der Waals surface area contributed by atoms with Crippen LogP contribution < -0.4 is 9.62 Å². The first-order chi connectivity index (χ1) is 18.3. The lowest BCUT2D eigenvalue weighted by molar-refractivity contribution is -0.140. The molecule has 3 aromatic rings. The molecule has 0 aliphatic carbocycles. The average molecular weight is 570 g/mol. The van der Waals surface area contributed by atoms with Crippen LogP contribution in [-0.2, 0) is 32.6 Å². The lowest BCUT2D eigenvalue weighted by Gasteiger charge is -2.34. The molecule has 3 aromatic carbocycles. The molecule has 0 fully saturated rings. The Bertz CT molecular complexity index is 1370. The number of hydrogen-bond donors (Lipinski definition) is 1. The number of aryl methyl sites for hydroxylation is 2. The number of halogens is 1. The minimum atomic E-state index is -3.81. The van der Waals surface area contributed by atoms with Gasteiger partial charge < -0.3 is 10.2 Å². The van der Waals surface area contributed by atoms with Crippen molar-refractivity contribution in [1.29, 1.82) is 0 Å². The normalized spacial score (nSPS) is 12.2. The Labute approximate surface area is 236 Å². The SMILES string of the molecule is Cc1cc(C)cc(N(CC(=O)N(Cc2ccc(Cl)cc2)C(Cc2ccccc2)C(=O)NC(C)C)S(C)(=O)=O)c1. The van der Waals surface area contributed by atoms with Crippen LogP contribution >= 0.6 is 11.6 Å². The zero-order valence-electron chi connectivity index (χ0n) is 23.0. The Morgan fingerprint density at radius 1 is 0.897 bits per heavy atom. The van der Waals surface area contributed by atoms with E-state index in [0.717, 1.165) is 32.8 Å². The summed E-state index contributed by atoms with van der Waals surface area (Å²) in [7, 11) is -3.81. The van der Waals surface area contributed by atoms with E-state index in [2.05, 4.69) is 5.32 Å². The summed E-state index contributed by atoms with van der Waals surface area (Å²) in [5.41, 5.74) is 3.80. The van der Waals surface area contributed by atoms with Crippen molar-refractivity contribution in [2.75, 3.05) is 17.1 Å². The predicted octanol–water partition coefficient (Wildman–Crippen LogP) is 4.89. The van der Waals surface area contributed by atoms with Crippen molar-refractivity contribution in [2.24, 2.45) is 0 Å². The lowest BCUT2D eigenvalue weighted by Crippen LogP contribution is -2.54. The first-order valence-corrected chi connectivity index (χ1v) is 15.0. The lowest BCUT2D eigenvalue weighted by atomic mass is 10.0. The molecule has 0 aliphatic rings. The highest BCUT2D eigenvalue weighted by molar-refractivity contribution is 7.92. The molecule has 0 saturated carbocycles. The maximum Gasteiger partial charge on any atom is 0.244 e. The Kier molecular flexibility index (Phi) is 10.2. The van der Waals surface area contributed by atoms with Gasteiger partial charge in [0, 0.05) is 24.0 Å². The first kappa shape index (κ1) is 30.2. The number of sulfonamides is 1. The van der Waals surface area contributed by atoms with Gasteiger partial charge in [-0.05, 0) is 74.2 Å². The number of hydrogen-bond acceptors (Lipinski definition) is 4. The van der Waals surface area contributed by atoms with Crippen molar-refractivity contribution in [3.63, 3.8) is 0 Å². The van der Waals surface area contributed by atoms with E-state index in [9.17, 15) is 18.0 Å². The molecule has 0 spiro atoms. The molecular formula is C30H36ClN3O4S. The van der Waals surface area contributed by atoms with Crippen molar-refractivity contribution >= 4 is 39.1 Å². The van der Waals surface area contributed by atoms with Crippen molar-refractivity contribution in [3.05, 3.63) is 100 Å². The van der Waals surface area contributed by atoms with E-state index < -0.39 is 28.5 Å². The highest BCUT2D eigenvalue weighted by Crippen LogP contribution is 2.23. The summed E-state index contributed by atoms with van der Waals surface area (Å²) < 4.78 is 26.9. The highest BCUT2D eigenvalue weighted by Gasteiger charge is 2.33. The van der Waals surface area contributed by atoms with Gasteiger partial charge in [0.05, 0.1) is 11.9 Å². The first-order valence-electron chi connectivity index (χ1n) is 12.8. The van der Waals surface area contributed by atoms with Gasteiger partial charge in [-0.15, -0.1) is 0 Å². The van der Waals surface area contributed by atoms with E-state index in [1.807, 2.05) is 64.1 Å². The maximum absolute atomic E-state index is 14.1. The van der Waals surface area contributed by atoms with Gasteiger partial charge in [-0.3, -0.25) is 13.9 Å². The third-order valence-electron chi connectivity index (χ3n) is 6.14. The van der Waals surface area contributed by atoms with E-state index in [4.69, 9.17) is 11.6 Å². The molecule has 0 aromatic heterocycles. The average Bonchev–Trinajstić information content (AvgIpc) is 2.84. The summed E-state index contributed by atoms with van der Waals surface area (Å²) in [6, 6.07) is 20.9. The largest absolute Gasteiger partial charge is 0.352 e. The molecule has 1 N–H and O–H groups in total. The summed E-state index contributed by atoms with van der Waals surface area (Å²) in [4.78, 5) is 29.0. The van der Waals surface area contributed by atoms with Crippen LogP contribution in [0.3, 0.4) is 0 Å². The second kappa shape index (κ2) is 13.1. The molecular weight excluding hydrogens is 534 g/mol. The van der Waals surface area contributed by atoms with Crippen LogP contribution in [0.1, 0.15) is 36.1 Å². The summed E-state index contributed by atoms with van der Waals surface area (Å²) in [6.45, 7) is 7.11. The van der Waals surface area contributed by atoms with Crippen LogP contribution in [0.2, 0.25) is 5.02 Å². The van der Waals surface area contributed by atoms with Crippen molar-refractivity contribution in [3.8, 4) is 0 Å². The van der Waals surface area contributed by atoms with E-state index in [-0.39, 0.29) is 24.9 Å². The molecule has 2 amide bonds. The molecule has 3 rings (SSSR count). The minimum absolute atomic E-state index is 0.101. The zero-order valence-corrected chi connectivity index (χ0v) is 24.6. The summed E-state index contributed by atoms with van der Waals surface area (Å²) in [6.07, 6.45) is 1.34. The molecule has 0 bridgehead atoms. The summed E-state index contributed by atoms with van der Waals surface area (Å²) in [5.74, 6) is -0.803. The minimum Gasteiger partial charge on any atom is -0.352 e. The molecule has 39 heavy (non-hydrogen) atoms. The second-order valence-corrected chi connectivity index (χ2v) is 12.5. The third kappa shape index (κ3) is 8.83. The molecule has 1 atom stereocenters. The Morgan fingerprint density at radius 2 is 1.49 bits per heavy atom. The zero-order chi connectivity index (χ0) is 28.7. The molecule has 0 saturated heterocycles. The van der Waals surface area contributed by atoms with E-state index in [1.54, 1.807) is 36.4 Å². The number of nitrogens with zero attached hydrogens (tertiary/aromatic N) is 2. The topological polar surface area (TPSA) is 86.8 Å². The van der Waals surface area contributed by atoms with Gasteiger partial charge in [-0.2, -0.15) is 0 Å². The number of nitrogens with one attached hydrogen (secondary N) is 1. The number of benzene rings is 3. The van der Waals surface area contributed by atoms with E-state index in [0.29, 0.717) is 10.7 Å². The Balaban J connectivity index is 2.06. The van der Waals surface area contributed by atoms with Crippen LogP contribution in [0, 0.1) is 13.8 Å². The monoisotopic (exact) mass is 569 g/mol. The van der Waals surface area contributed by atoms with Gasteiger partial charge in [0.25, 0.3) is 0 Å². The summed E-state index contributed by atoms with van der Waals surface area (Å²) in [5, 5.41) is 3.49. The van der Waals surface area contributed by atoms with E-state index >= 15 is 0 Å². The molecule has 1 unspecified atom stereocenters. The highest BCUT2D eigenvalue weighted by atomic mass is 35.5. The fourth-order valence-electron chi connectivity index (χ4n) is 4.43. The predicted molar refractivity (Wildman–Crippen MR) is 157 cm³/mol. The van der Waals surface area contributed by atoms with Crippen LogP contribution in [0.25, 0.3) is 0 Å². The van der Waals surface area contributed by atoms with Gasteiger partial charge >= 0.3 is 0 Å². The number of amides is 2. The molecule has 9 heteroatoms. The molecule has 7 nitrogen and oxygen atoms in total. The molecule has 208 valence electrons.